The fourth-order valence-electron chi connectivity index (χ4n) is 0. The van der Waals surface area contributed by atoms with Crippen LogP contribution in [0.25, 0.3) is 0 Å². The molecule has 0 aromatic carbocycles. The first-order valence-electron chi connectivity index (χ1n) is 0.632. The fraction of sp³-hybridized carbons (Fsp3) is 1.00. The first-order valence-corrected chi connectivity index (χ1v) is 0.632. The topological polar surface area (TPSA) is 544 Å². The quantitative estimate of drug-likeness (QED) is 0.178. The maximum Gasteiger partial charge on any atom is 2.00 e. The second-order valence-corrected chi connectivity index (χ2v) is 0.141. The van der Waals surface area contributed by atoms with Crippen LogP contribution >= 0.6 is 0 Å². The zero-order valence-electron chi connectivity index (χ0n) is 11.1. The van der Waals surface area contributed by atoms with E-state index in [9.17, 15) is 0 Å². The molecule has 0 fully saturated rings. The molecule has 0 heterocycles. The van der Waals surface area contributed by atoms with E-state index in [1.165, 1.54) is 0 Å². The Balaban J connectivity index is -0.000000000117. The molecule has 34 N–H and O–H groups in total. The monoisotopic (exact) mass is 824 g/mol. The molecule has 0 rings (SSSR count). The van der Waals surface area contributed by atoms with Gasteiger partial charge in [-0.15, -0.1) is 0 Å². The summed E-state index contributed by atoms with van der Waals surface area (Å²) in [6, 6.07) is 0. The molecule has 21 heteroatoms. The van der Waals surface area contributed by atoms with Crippen LogP contribution in [0.3, 0.4) is 0 Å². The smallest absolute Gasteiger partial charge is 0.412 e. The van der Waals surface area contributed by atoms with Crippen LogP contribution in [0.15, 0.2) is 0 Å². The van der Waals surface area contributed by atoms with Gasteiger partial charge in [-0.1, -0.05) is 0 Å². The number of aliphatic hydroxyl groups excluding tert-OH is 1. The average Bonchev–Trinajstić information content (AvgIpc) is 0.918. The van der Waals surface area contributed by atoms with Gasteiger partial charge in [0.2, 0.25) is 0 Å². The minimum absolute atomic E-state index is 0. The molecule has 0 saturated heterocycles. The van der Waals surface area contributed by atoms with Crippen molar-refractivity contribution in [2.45, 2.75) is 0 Å². The van der Waals surface area contributed by atoms with Crippen LogP contribution in [-0.2, 0) is 0 Å². The van der Waals surface area contributed by atoms with Crippen molar-refractivity contribution >= 4 is 27.3 Å². The summed E-state index contributed by atoms with van der Waals surface area (Å²) >= 11 is 0. The van der Waals surface area contributed by atoms with Gasteiger partial charge in [-0.3, -0.25) is 0 Å². The summed E-state index contributed by atoms with van der Waals surface area (Å²) in [6.45, 7) is -0.750. The molecular weight excluding hydrogens is 787 g/mol. The zero-order chi connectivity index (χ0) is 2.71. The molecule has 0 aromatic rings. The van der Waals surface area contributed by atoms with Gasteiger partial charge in [0.15, 0.2) is 0 Å². The molecule has 0 amide bonds. The predicted molar refractivity (Wildman–Crippen MR) is 72.9 cm³/mol. The third-order valence-electron chi connectivity index (χ3n) is 0. The number of rotatable bonds is 0. The molecule has 0 bridgehead atoms. The summed E-state index contributed by atoms with van der Waals surface area (Å²) in [4.78, 5) is 0. The third kappa shape index (κ3) is 1270. The van der Waals surface area contributed by atoms with Crippen LogP contribution in [0.5, 0.6) is 0 Å². The van der Waals surface area contributed by atoms with Crippen molar-refractivity contribution < 1.29 is 181 Å². The Hall–Kier alpha value is 2.96. The van der Waals surface area contributed by atoms with E-state index in [0.29, 0.717) is 0 Å². The van der Waals surface area contributed by atoms with Crippen molar-refractivity contribution in [2.75, 3.05) is 6.79 Å². The Labute approximate surface area is 212 Å². The molecule has 0 spiro atoms. The molecule has 0 aliphatic rings. The van der Waals surface area contributed by atoms with Gasteiger partial charge in [0.05, 0.1) is 0 Å². The average molecular weight is 824 g/mol. The molecule has 0 unspecified atom stereocenters. The molecular formula is CH36Ce2O18Pb+2. The van der Waals surface area contributed by atoms with Gasteiger partial charge >= 0.3 is 27.3 Å². The maximum absolute atomic E-state index is 7.12. The van der Waals surface area contributed by atoms with Crippen LogP contribution in [0.4, 0.5) is 0 Å². The van der Waals surface area contributed by atoms with Gasteiger partial charge in [-0.25, -0.2) is 0 Å². The molecule has 0 atom stereocenters. The van der Waals surface area contributed by atoms with Crippen molar-refractivity contribution in [3.63, 3.8) is 0 Å². The van der Waals surface area contributed by atoms with Crippen molar-refractivity contribution in [1.82, 2.24) is 0 Å². The number of hydrogen-bond donors (Lipinski definition) is 2. The molecule has 22 heavy (non-hydrogen) atoms. The summed E-state index contributed by atoms with van der Waals surface area (Å²) in [7, 11) is 0. The van der Waals surface area contributed by atoms with Gasteiger partial charge in [0.25, 0.3) is 0 Å². The van der Waals surface area contributed by atoms with Gasteiger partial charge in [0, 0.05) is 83.5 Å². The van der Waals surface area contributed by atoms with Crippen molar-refractivity contribution in [3.05, 3.63) is 0 Å². The first-order chi connectivity index (χ1) is 1.41. The molecule has 158 valence electrons. The van der Waals surface area contributed by atoms with Crippen LogP contribution in [-0.4, -0.2) is 132 Å². The molecule has 0 aliphatic carbocycles. The summed E-state index contributed by atoms with van der Waals surface area (Å²) in [5.41, 5.74) is 0. The normalized spacial score (nSPS) is 0.818. The Morgan fingerprint density at radius 1 is 0.318 bits per heavy atom. The second kappa shape index (κ2) is 807. The first kappa shape index (κ1) is 583. The minimum atomic E-state index is -0.750. The van der Waals surface area contributed by atoms with E-state index < -0.39 is 6.79 Å². The van der Waals surface area contributed by atoms with E-state index >= 15 is 0 Å². The molecule has 0 aliphatic heterocycles. The zero-order valence-corrected chi connectivity index (χ0v) is 21.3. The summed E-state index contributed by atoms with van der Waals surface area (Å²) in [5.74, 6) is 0. The SMILES string of the molecule is O.O.O.O.O.O.O.O.O.O.O.O.O.O.O.O.OCO.[Ce].[Ce].[Pb+2]. The van der Waals surface area contributed by atoms with Gasteiger partial charge in [-0.2, -0.15) is 0 Å². The fourth-order valence-corrected chi connectivity index (χ4v) is 0. The Bertz CT molecular complexity index is 21.0. The van der Waals surface area contributed by atoms with Crippen LogP contribution < -0.4 is 0 Å². The molecule has 0 aromatic heterocycles. The standard InChI is InChI=1S/CH4O2.2Ce.16H2O.Pb/c2-1-3;;;;;;;;;;;;;;;;;;;/h2-3H,1H2;;;16*1H2;/q;;;;;;;;;;;;;;;;;;;+2. The van der Waals surface area contributed by atoms with E-state index in [1.54, 1.807) is 0 Å². The Morgan fingerprint density at radius 3 is 0.318 bits per heavy atom. The largest absolute Gasteiger partial charge is 2.00 e. The van der Waals surface area contributed by atoms with E-state index in [1.807, 2.05) is 0 Å². The third-order valence-corrected chi connectivity index (χ3v) is 0. The number of aliphatic hydroxyl groups is 2. The van der Waals surface area contributed by atoms with Crippen molar-refractivity contribution in [3.8, 4) is 0 Å². The van der Waals surface area contributed by atoms with E-state index in [2.05, 4.69) is 0 Å². The Kier molecular flexibility index (Phi) is 21400. The second-order valence-electron chi connectivity index (χ2n) is 0.141. The van der Waals surface area contributed by atoms with Gasteiger partial charge < -0.3 is 97.8 Å². The maximum atomic E-state index is 7.12. The van der Waals surface area contributed by atoms with Crippen molar-refractivity contribution in [1.29, 1.82) is 0 Å². The van der Waals surface area contributed by atoms with Gasteiger partial charge in [-0.05, 0) is 0 Å². The molecule has 18 nitrogen and oxygen atoms in total. The van der Waals surface area contributed by atoms with Crippen molar-refractivity contribution in [2.24, 2.45) is 0 Å². The Morgan fingerprint density at radius 2 is 0.318 bits per heavy atom. The summed E-state index contributed by atoms with van der Waals surface area (Å²) in [5, 5.41) is 14.2. The van der Waals surface area contributed by atoms with E-state index in [-0.39, 0.29) is 198 Å². The summed E-state index contributed by atoms with van der Waals surface area (Å²) in [6.07, 6.45) is 0. The van der Waals surface area contributed by atoms with Gasteiger partial charge in [0.1, 0.15) is 6.79 Å². The molecule has 0 saturated carbocycles. The van der Waals surface area contributed by atoms with Crippen LogP contribution in [0.2, 0.25) is 0 Å². The van der Waals surface area contributed by atoms with Crippen LogP contribution in [0.1, 0.15) is 0 Å². The number of hydrogen-bond acceptors (Lipinski definition) is 2. The molecule has 2 radical (unpaired) electrons. The minimum Gasteiger partial charge on any atom is -0.412 e. The van der Waals surface area contributed by atoms with E-state index in [4.69, 9.17) is 10.2 Å². The summed E-state index contributed by atoms with van der Waals surface area (Å²) < 4.78 is 0. The predicted octanol–water partition coefficient (Wildman–Crippen LogP) is -14.6. The van der Waals surface area contributed by atoms with E-state index in [0.717, 1.165) is 0 Å². The van der Waals surface area contributed by atoms with Crippen LogP contribution in [0, 0.1) is 83.5 Å².